The van der Waals surface area contributed by atoms with E-state index < -0.39 is 0 Å². The van der Waals surface area contributed by atoms with Gasteiger partial charge in [0.25, 0.3) is 1.43 Å². The molecule has 0 fully saturated rings. The summed E-state index contributed by atoms with van der Waals surface area (Å²) in [5.74, 6) is 1.46. The van der Waals surface area contributed by atoms with Crippen LogP contribution >= 0.6 is 38.8 Å². The van der Waals surface area contributed by atoms with Crippen LogP contribution in [0.5, 0.6) is 11.5 Å². The van der Waals surface area contributed by atoms with Gasteiger partial charge in [0.1, 0.15) is 17.6 Å². The molecule has 4 rings (SSSR count). The molecule has 3 aromatic carbocycles. The molecule has 0 aliphatic carbocycles. The van der Waals surface area contributed by atoms with Crippen molar-refractivity contribution in [3.63, 3.8) is 0 Å². The average Bonchev–Trinajstić information content (AvgIpc) is 2.74. The lowest BCUT2D eigenvalue weighted by molar-refractivity contribution is 0.191. The lowest BCUT2D eigenvalue weighted by atomic mass is 10.00. The first-order chi connectivity index (χ1) is 13.7. The van der Waals surface area contributed by atoms with Gasteiger partial charge in [-0.3, -0.25) is 0 Å². The number of fused-ring (bicyclic) bond motifs is 1. The van der Waals surface area contributed by atoms with E-state index in [1.54, 1.807) is 0 Å². The van der Waals surface area contributed by atoms with Crippen molar-refractivity contribution in [1.82, 2.24) is 0 Å². The second-order valence-electron chi connectivity index (χ2n) is 6.08. The minimum atomic E-state index is -0.0958. The maximum absolute atomic E-state index is 7.02. The highest BCUT2D eigenvalue weighted by Gasteiger charge is 2.33. The SMILES string of the molecule is S=PI.[3H]Oc1ccc([C@H]2Oc3cc(C)ccc3S[C@H]2c2ccccc2)cc1. The molecular weight excluding hydrogens is 506 g/mol. The van der Waals surface area contributed by atoms with Gasteiger partial charge in [-0.2, -0.15) is 0 Å². The number of ether oxygens (including phenoxy) is 1. The molecule has 0 saturated carbocycles. The number of halogens is 1. The van der Waals surface area contributed by atoms with Crippen LogP contribution in [0.15, 0.2) is 77.7 Å². The smallest absolute Gasteiger partial charge is 0.293 e. The Bertz CT molecular complexity index is 925. The predicted octanol–water partition coefficient (Wildman–Crippen LogP) is 7.41. The molecule has 0 unspecified atom stereocenters. The molecular formula is C21H18IO2PS2. The van der Waals surface area contributed by atoms with Gasteiger partial charge in [-0.25, -0.2) is 0 Å². The van der Waals surface area contributed by atoms with Gasteiger partial charge in [0.2, 0.25) is 0 Å². The molecule has 0 radical (unpaired) electrons. The van der Waals surface area contributed by atoms with Gasteiger partial charge in [-0.05, 0) is 81.7 Å². The Labute approximate surface area is 185 Å². The van der Waals surface area contributed by atoms with E-state index in [-0.39, 0.29) is 11.4 Å². The number of hydrogen-bond donors (Lipinski definition) is 1. The number of aromatic hydroxyl groups is 1. The van der Waals surface area contributed by atoms with Gasteiger partial charge in [0, 0.05) is 5.00 Å². The average molecular weight is 526 g/mol. The lowest BCUT2D eigenvalue weighted by Gasteiger charge is -2.34. The fraction of sp³-hybridized carbons (Fsp3) is 0.143. The number of aryl methyl sites for hydroxylation is 1. The second-order valence-corrected chi connectivity index (χ2v) is 11.4. The van der Waals surface area contributed by atoms with Crippen molar-refractivity contribution in [3.8, 4) is 11.5 Å². The molecule has 0 amide bonds. The third-order valence-corrected chi connectivity index (χ3v) is 5.58. The summed E-state index contributed by atoms with van der Waals surface area (Å²) in [5, 5.41) is 4.71. The van der Waals surface area contributed by atoms with Crippen molar-refractivity contribution in [2.24, 2.45) is 0 Å². The first kappa shape index (κ1) is 19.2. The van der Waals surface area contributed by atoms with Crippen molar-refractivity contribution < 1.29 is 9.85 Å². The Kier molecular flexibility index (Phi) is 7.02. The molecule has 1 aliphatic rings. The third kappa shape index (κ3) is 5.23. The molecule has 0 bridgehead atoms. The lowest BCUT2D eigenvalue weighted by Crippen LogP contribution is -2.19. The van der Waals surface area contributed by atoms with Crippen LogP contribution in [0.25, 0.3) is 0 Å². The molecule has 6 heteroatoms. The molecule has 1 N–H and O–H groups in total. The first-order valence-electron chi connectivity index (χ1n) is 8.72. The van der Waals surface area contributed by atoms with Crippen molar-refractivity contribution in [3.05, 3.63) is 89.5 Å². The van der Waals surface area contributed by atoms with E-state index >= 15 is 0 Å². The number of benzene rings is 3. The van der Waals surface area contributed by atoms with Gasteiger partial charge in [-0.1, -0.05) is 48.5 Å². The van der Waals surface area contributed by atoms with Gasteiger partial charge in [0.05, 0.1) is 10.1 Å². The van der Waals surface area contributed by atoms with E-state index in [9.17, 15) is 0 Å². The fourth-order valence-electron chi connectivity index (χ4n) is 2.99. The Morgan fingerprint density at radius 1 is 1.07 bits per heavy atom. The van der Waals surface area contributed by atoms with Gasteiger partial charge in [-0.15, -0.1) is 11.8 Å². The number of rotatable bonds is 3. The Hall–Kier alpha value is -1.14. The summed E-state index contributed by atoms with van der Waals surface area (Å²) in [4.78, 5) is 2.14. The predicted molar refractivity (Wildman–Crippen MR) is 126 cm³/mol. The summed E-state index contributed by atoms with van der Waals surface area (Å²) < 4.78 is 13.4. The van der Waals surface area contributed by atoms with Crippen molar-refractivity contribution >= 4 is 50.6 Å². The molecule has 3 aromatic rings. The van der Waals surface area contributed by atoms with Crippen LogP contribution < -0.4 is 4.74 Å². The molecule has 1 aliphatic heterocycles. The molecule has 0 aromatic heterocycles. The van der Waals surface area contributed by atoms with Crippen LogP contribution in [0, 0.1) is 6.92 Å². The molecule has 27 heavy (non-hydrogen) atoms. The summed E-state index contributed by atoms with van der Waals surface area (Å²) >= 11 is 8.27. The highest BCUT2D eigenvalue weighted by Crippen LogP contribution is 2.53. The highest BCUT2D eigenvalue weighted by molar-refractivity contribution is 14.2. The topological polar surface area (TPSA) is 29.5 Å². The summed E-state index contributed by atoms with van der Waals surface area (Å²) in [6.45, 7) is 2.08. The van der Waals surface area contributed by atoms with E-state index in [0.717, 1.165) is 16.3 Å². The monoisotopic (exact) mass is 526 g/mol. The standard InChI is InChI=1S/C21H18O2S.IPS/c1-14-7-12-19-18(13-14)23-20(15-8-10-17(22)11-9-15)21(24-19)16-5-3-2-4-6-16;1-2-3/h2-13,20-22H,1H3;/t20-,21+;/m1./s1/i/hT. The van der Waals surface area contributed by atoms with E-state index in [1.807, 2.05) is 42.1 Å². The van der Waals surface area contributed by atoms with Crippen LogP contribution in [-0.4, -0.2) is 6.54 Å². The van der Waals surface area contributed by atoms with Crippen molar-refractivity contribution in [1.29, 1.82) is 1.43 Å². The van der Waals surface area contributed by atoms with Crippen LogP contribution in [0.1, 0.15) is 28.0 Å². The summed E-state index contributed by atoms with van der Waals surface area (Å²) in [6.07, 6.45) is -0.0958. The highest BCUT2D eigenvalue weighted by atomic mass is 127. The van der Waals surface area contributed by atoms with E-state index in [2.05, 4.69) is 88.3 Å². The zero-order valence-corrected chi connectivity index (χ0v) is 19.2. The van der Waals surface area contributed by atoms with E-state index in [1.165, 1.54) is 16.0 Å². The summed E-state index contributed by atoms with van der Waals surface area (Å²) in [6, 6.07) is 24.4. The fourth-order valence-corrected chi connectivity index (χ4v) is 4.26. The first-order valence-corrected chi connectivity index (χ1v) is 13.9. The normalized spacial score (nSPS) is 18.4. The summed E-state index contributed by atoms with van der Waals surface area (Å²) in [5.41, 5.74) is 3.51. The molecule has 1 heterocycles. The van der Waals surface area contributed by atoms with Crippen LogP contribution in [0.3, 0.4) is 0 Å². The molecule has 2 nitrogen and oxygen atoms in total. The minimum absolute atomic E-state index is 0.0958. The second kappa shape index (κ2) is 9.87. The number of thioether (sulfide) groups is 1. The number of phenols is 1. The maximum Gasteiger partial charge on any atom is 0.293 e. The molecule has 2 atom stereocenters. The largest absolute Gasteiger partial charge is 0.508 e. The van der Waals surface area contributed by atoms with Gasteiger partial charge in [0.15, 0.2) is 0 Å². The molecule has 0 spiro atoms. The summed E-state index contributed by atoms with van der Waals surface area (Å²) in [7, 11) is 0. The van der Waals surface area contributed by atoms with Crippen LogP contribution in [0.2, 0.25) is 0 Å². The number of hydrogen-bond acceptors (Lipinski definition) is 4. The zero-order valence-electron chi connectivity index (χ0n) is 15.5. The van der Waals surface area contributed by atoms with Gasteiger partial charge < -0.3 is 9.85 Å². The Balaban J connectivity index is 0.000000706. The maximum atomic E-state index is 7.02. The third-order valence-electron chi connectivity index (χ3n) is 4.22. The number of phenolic OH excluding ortho intramolecular Hbond substituents is 1. The van der Waals surface area contributed by atoms with Crippen molar-refractivity contribution in [2.45, 2.75) is 23.2 Å². The minimum Gasteiger partial charge on any atom is -0.508 e. The van der Waals surface area contributed by atoms with Crippen LogP contribution in [-0.2, 0) is 11.8 Å². The molecule has 138 valence electrons. The van der Waals surface area contributed by atoms with E-state index in [0.29, 0.717) is 5.75 Å². The zero-order chi connectivity index (χ0) is 19.9. The molecule has 0 saturated heterocycles. The van der Waals surface area contributed by atoms with Crippen molar-refractivity contribution in [2.75, 3.05) is 0 Å². The quantitative estimate of drug-likeness (QED) is 0.284. The van der Waals surface area contributed by atoms with Gasteiger partial charge >= 0.3 is 0 Å². The van der Waals surface area contributed by atoms with Crippen LogP contribution in [0.4, 0.5) is 0 Å². The Morgan fingerprint density at radius 2 is 1.78 bits per heavy atom. The van der Waals surface area contributed by atoms with E-state index in [4.69, 9.17) is 6.17 Å². The Morgan fingerprint density at radius 3 is 2.44 bits per heavy atom.